The van der Waals surface area contributed by atoms with Gasteiger partial charge in [-0.3, -0.25) is 0 Å². The van der Waals surface area contributed by atoms with E-state index in [-0.39, 0.29) is 5.97 Å². The number of carbonyl (C=O) groups is 1. The molecular weight excluding hydrogens is 470 g/mol. The predicted octanol–water partition coefficient (Wildman–Crippen LogP) is 7.72. The number of nitrogens with zero attached hydrogens (tertiary/aromatic N) is 3. The summed E-state index contributed by atoms with van der Waals surface area (Å²) < 4.78 is 6.96. The van der Waals surface area contributed by atoms with Gasteiger partial charge in [0.25, 0.3) is 0 Å². The Morgan fingerprint density at radius 1 is 0.833 bits per heavy atom. The van der Waals surface area contributed by atoms with Crippen LogP contribution in [-0.2, 0) is 17.6 Å². The number of hydrogen-bond acceptors (Lipinski definition) is 4. The molecule has 0 atom stereocenters. The van der Waals surface area contributed by atoms with Crippen LogP contribution < -0.4 is 0 Å². The second kappa shape index (κ2) is 11.3. The van der Waals surface area contributed by atoms with Crippen LogP contribution in [0.25, 0.3) is 28.0 Å². The fourth-order valence-electron chi connectivity index (χ4n) is 5.21. The first-order valence-corrected chi connectivity index (χ1v) is 13.4. The number of benzene rings is 2. The number of carbonyl (C=O) groups excluding carboxylic acids is 1. The number of aryl methyl sites for hydroxylation is 1. The molecule has 0 aliphatic heterocycles. The fraction of sp³-hybridized carbons (Fsp3) is 0.367. The lowest BCUT2D eigenvalue weighted by Crippen LogP contribution is -2.10. The van der Waals surface area contributed by atoms with Crippen LogP contribution in [0.4, 0.5) is 0 Å². The van der Waals surface area contributed by atoms with Gasteiger partial charge in [0.15, 0.2) is 5.65 Å². The van der Waals surface area contributed by atoms with Gasteiger partial charge in [-0.2, -0.15) is 5.10 Å². The molecule has 6 heteroatoms. The summed E-state index contributed by atoms with van der Waals surface area (Å²) in [5, 5.41) is 5.55. The molecule has 0 spiro atoms. The molecule has 2 aromatic heterocycles. The second-order valence-corrected chi connectivity index (χ2v) is 10.0. The Bertz CT molecular complexity index is 1340. The van der Waals surface area contributed by atoms with Gasteiger partial charge in [-0.1, -0.05) is 74.4 Å². The summed E-state index contributed by atoms with van der Waals surface area (Å²) in [7, 11) is 1.41. The second-order valence-electron chi connectivity index (χ2n) is 9.58. The van der Waals surface area contributed by atoms with Gasteiger partial charge in [-0.15, -0.1) is 0 Å². The third kappa shape index (κ3) is 5.17. The van der Waals surface area contributed by atoms with Gasteiger partial charge in [-0.25, -0.2) is 14.3 Å². The Labute approximate surface area is 217 Å². The van der Waals surface area contributed by atoms with E-state index >= 15 is 0 Å². The summed E-state index contributed by atoms with van der Waals surface area (Å²) in [5.74, 6) is -0.332. The molecule has 1 aliphatic carbocycles. The van der Waals surface area contributed by atoms with Crippen molar-refractivity contribution >= 4 is 23.2 Å². The van der Waals surface area contributed by atoms with Crippen LogP contribution >= 0.6 is 11.6 Å². The number of esters is 1. The van der Waals surface area contributed by atoms with Crippen LogP contribution in [0.15, 0.2) is 54.7 Å². The van der Waals surface area contributed by atoms with E-state index in [4.69, 9.17) is 26.4 Å². The molecule has 0 saturated heterocycles. The zero-order chi connectivity index (χ0) is 24.9. The van der Waals surface area contributed by atoms with Gasteiger partial charge in [-0.05, 0) is 55.5 Å². The van der Waals surface area contributed by atoms with E-state index in [1.807, 2.05) is 54.7 Å². The maximum absolute atomic E-state index is 12.0. The molecule has 2 aromatic carbocycles. The number of aromatic nitrogens is 3. The van der Waals surface area contributed by atoms with Crippen molar-refractivity contribution in [2.24, 2.45) is 0 Å². The Morgan fingerprint density at radius 3 is 2.11 bits per heavy atom. The van der Waals surface area contributed by atoms with Crippen molar-refractivity contribution in [3.8, 4) is 22.4 Å². The van der Waals surface area contributed by atoms with Crippen molar-refractivity contribution < 1.29 is 9.53 Å². The summed E-state index contributed by atoms with van der Waals surface area (Å²) in [6.45, 7) is 0. The topological polar surface area (TPSA) is 56.5 Å². The lowest BCUT2D eigenvalue weighted by molar-refractivity contribution is 0.0600. The van der Waals surface area contributed by atoms with Gasteiger partial charge >= 0.3 is 5.97 Å². The van der Waals surface area contributed by atoms with Gasteiger partial charge in [0.1, 0.15) is 0 Å². The molecule has 0 saturated carbocycles. The first-order valence-electron chi connectivity index (χ1n) is 13.0. The lowest BCUT2D eigenvalue weighted by Gasteiger charge is -2.18. The van der Waals surface area contributed by atoms with Crippen LogP contribution in [0.5, 0.6) is 0 Å². The van der Waals surface area contributed by atoms with Crippen molar-refractivity contribution in [1.82, 2.24) is 14.6 Å². The van der Waals surface area contributed by atoms with E-state index in [1.54, 1.807) is 0 Å². The minimum absolute atomic E-state index is 0.332. The summed E-state index contributed by atoms with van der Waals surface area (Å²) in [6, 6.07) is 15.5. The van der Waals surface area contributed by atoms with E-state index in [0.717, 1.165) is 53.7 Å². The summed E-state index contributed by atoms with van der Waals surface area (Å²) in [4.78, 5) is 17.2. The minimum atomic E-state index is -0.332. The van der Waals surface area contributed by atoms with Crippen molar-refractivity contribution in [3.63, 3.8) is 0 Å². The molecule has 4 aromatic rings. The zero-order valence-electron chi connectivity index (χ0n) is 20.8. The summed E-state index contributed by atoms with van der Waals surface area (Å²) in [6.07, 6.45) is 13.9. The van der Waals surface area contributed by atoms with Crippen LogP contribution in [-0.4, -0.2) is 27.7 Å². The quantitative estimate of drug-likeness (QED) is 0.269. The Kier molecular flexibility index (Phi) is 7.66. The summed E-state index contributed by atoms with van der Waals surface area (Å²) in [5.41, 5.74) is 7.97. The normalized spacial score (nSPS) is 15.1. The Morgan fingerprint density at radius 2 is 1.44 bits per heavy atom. The minimum Gasteiger partial charge on any atom is -0.465 e. The zero-order valence-corrected chi connectivity index (χ0v) is 21.6. The maximum atomic E-state index is 12.0. The van der Waals surface area contributed by atoms with E-state index in [2.05, 4.69) is 4.52 Å². The molecule has 0 unspecified atom stereocenters. The largest absolute Gasteiger partial charge is 0.465 e. The van der Waals surface area contributed by atoms with Crippen LogP contribution in [0.3, 0.4) is 0 Å². The monoisotopic (exact) mass is 501 g/mol. The lowest BCUT2D eigenvalue weighted by atomic mass is 9.94. The SMILES string of the molecule is COC(=O)c1ccc(-c2nc3c(-c4ccc(Cl)cc4)cnn3c3c2CCCCCCCCCC3)cc1. The van der Waals surface area contributed by atoms with Crippen LogP contribution in [0.2, 0.25) is 5.02 Å². The molecule has 0 N–H and O–H groups in total. The van der Waals surface area contributed by atoms with Crippen molar-refractivity contribution in [2.45, 2.75) is 64.2 Å². The van der Waals surface area contributed by atoms with Crippen LogP contribution in [0, 0.1) is 0 Å². The highest BCUT2D eigenvalue weighted by atomic mass is 35.5. The molecule has 1 aliphatic rings. The van der Waals surface area contributed by atoms with Gasteiger partial charge in [0.05, 0.1) is 24.6 Å². The average molecular weight is 502 g/mol. The number of methoxy groups -OCH3 is 1. The molecule has 0 bridgehead atoms. The first-order chi connectivity index (χ1) is 17.7. The third-order valence-corrected chi connectivity index (χ3v) is 7.43. The number of fused-ring (bicyclic) bond motifs is 3. The predicted molar refractivity (Wildman–Crippen MR) is 145 cm³/mol. The fourth-order valence-corrected chi connectivity index (χ4v) is 5.34. The average Bonchev–Trinajstić information content (AvgIpc) is 3.32. The highest BCUT2D eigenvalue weighted by Gasteiger charge is 2.21. The van der Waals surface area contributed by atoms with Crippen LogP contribution in [0.1, 0.15) is 73.0 Å². The molecular formula is C30H32ClN3O2. The number of ether oxygens (including phenoxy) is 1. The van der Waals surface area contributed by atoms with Crippen molar-refractivity contribution in [2.75, 3.05) is 7.11 Å². The molecule has 0 amide bonds. The standard InChI is InChI=1S/C30H32ClN3O2/c1-36-30(35)23-14-12-22(13-15-23)28-25-10-8-6-4-2-3-5-7-9-11-27(25)34-29(33-28)26(20-32-34)21-16-18-24(31)19-17-21/h12-20H,2-11H2,1H3. The molecule has 5 nitrogen and oxygen atoms in total. The smallest absolute Gasteiger partial charge is 0.337 e. The molecule has 0 radical (unpaired) electrons. The number of rotatable bonds is 3. The van der Waals surface area contributed by atoms with Gasteiger partial charge < -0.3 is 4.74 Å². The molecule has 36 heavy (non-hydrogen) atoms. The highest BCUT2D eigenvalue weighted by Crippen LogP contribution is 2.33. The molecule has 2 heterocycles. The van der Waals surface area contributed by atoms with E-state index in [9.17, 15) is 4.79 Å². The molecule has 5 rings (SSSR count). The van der Waals surface area contributed by atoms with E-state index in [1.165, 1.54) is 56.9 Å². The van der Waals surface area contributed by atoms with Crippen molar-refractivity contribution in [3.05, 3.63) is 76.6 Å². The third-order valence-electron chi connectivity index (χ3n) is 7.18. The van der Waals surface area contributed by atoms with E-state index < -0.39 is 0 Å². The van der Waals surface area contributed by atoms with Crippen molar-refractivity contribution in [1.29, 1.82) is 0 Å². The Balaban J connectivity index is 1.68. The number of halogens is 1. The van der Waals surface area contributed by atoms with Gasteiger partial charge in [0.2, 0.25) is 0 Å². The summed E-state index contributed by atoms with van der Waals surface area (Å²) >= 11 is 6.15. The number of hydrogen-bond donors (Lipinski definition) is 0. The van der Waals surface area contributed by atoms with Gasteiger partial charge in [0, 0.05) is 27.4 Å². The first kappa shape index (κ1) is 24.5. The molecule has 186 valence electrons. The highest BCUT2D eigenvalue weighted by molar-refractivity contribution is 6.30. The van der Waals surface area contributed by atoms with E-state index in [0.29, 0.717) is 10.6 Å². The Hall–Kier alpha value is -3.18. The molecule has 0 fully saturated rings. The maximum Gasteiger partial charge on any atom is 0.337 e.